The predicted molar refractivity (Wildman–Crippen MR) is 151 cm³/mol. The zero-order chi connectivity index (χ0) is 27.9. The summed E-state index contributed by atoms with van der Waals surface area (Å²) < 4.78 is 12.2. The number of benzene rings is 2. The molecule has 0 aromatic heterocycles. The second-order valence-electron chi connectivity index (χ2n) is 9.84. The second kappa shape index (κ2) is 16.6. The molecular formula is C33H42O5. The van der Waals surface area contributed by atoms with Gasteiger partial charge in [-0.2, -0.15) is 0 Å². The minimum atomic E-state index is -0.914. The Labute approximate surface area is 227 Å². The van der Waals surface area contributed by atoms with E-state index in [1.807, 2.05) is 87.5 Å². The first-order valence-electron chi connectivity index (χ1n) is 13.3. The smallest absolute Gasteiger partial charge is 0.309 e. The van der Waals surface area contributed by atoms with Gasteiger partial charge in [0, 0.05) is 0 Å². The molecule has 0 amide bonds. The van der Waals surface area contributed by atoms with E-state index in [9.17, 15) is 15.0 Å². The average molecular weight is 519 g/mol. The van der Waals surface area contributed by atoms with E-state index in [0.29, 0.717) is 26.1 Å². The Morgan fingerprint density at radius 1 is 0.868 bits per heavy atom. The van der Waals surface area contributed by atoms with Gasteiger partial charge in [0.2, 0.25) is 0 Å². The van der Waals surface area contributed by atoms with E-state index in [2.05, 4.69) is 18.4 Å². The number of aliphatic hydroxyl groups excluding tert-OH is 1. The maximum Gasteiger partial charge on any atom is 0.309 e. The highest BCUT2D eigenvalue weighted by atomic mass is 16.5. The molecule has 0 bridgehead atoms. The molecule has 0 aliphatic carbocycles. The molecule has 5 heteroatoms. The third kappa shape index (κ3) is 11.1. The Morgan fingerprint density at radius 3 is 1.87 bits per heavy atom. The van der Waals surface area contributed by atoms with Gasteiger partial charge in [-0.25, -0.2) is 0 Å². The molecule has 38 heavy (non-hydrogen) atoms. The molecule has 0 aliphatic rings. The highest BCUT2D eigenvalue weighted by molar-refractivity contribution is 5.70. The van der Waals surface area contributed by atoms with E-state index in [1.54, 1.807) is 13.0 Å². The number of rotatable bonds is 15. The molecule has 204 valence electrons. The van der Waals surface area contributed by atoms with Crippen LogP contribution in [0.4, 0.5) is 0 Å². The SMILES string of the molecule is CCC(O)C(C)=C=CC(OCc1ccccc1)C(C)CC(C)=C=CC(OCc1ccccc1)C(C)C(=O)O. The van der Waals surface area contributed by atoms with Crippen LogP contribution in [0.15, 0.2) is 95.4 Å². The maximum atomic E-state index is 11.7. The summed E-state index contributed by atoms with van der Waals surface area (Å²) in [5.74, 6) is -1.53. The molecule has 5 unspecified atom stereocenters. The lowest BCUT2D eigenvalue weighted by molar-refractivity contribution is -0.145. The van der Waals surface area contributed by atoms with Crippen LogP contribution in [0.1, 0.15) is 58.6 Å². The summed E-state index contributed by atoms with van der Waals surface area (Å²) in [5, 5.41) is 19.7. The molecular weight excluding hydrogens is 476 g/mol. The fourth-order valence-corrected chi connectivity index (χ4v) is 3.89. The summed E-state index contributed by atoms with van der Waals surface area (Å²) in [5.41, 5.74) is 10.3. The molecule has 0 saturated heterocycles. The van der Waals surface area contributed by atoms with Crippen molar-refractivity contribution in [1.29, 1.82) is 0 Å². The van der Waals surface area contributed by atoms with Gasteiger partial charge < -0.3 is 19.7 Å². The van der Waals surface area contributed by atoms with Crippen molar-refractivity contribution in [2.45, 2.75) is 79.0 Å². The molecule has 0 radical (unpaired) electrons. The molecule has 2 aromatic carbocycles. The van der Waals surface area contributed by atoms with Crippen molar-refractivity contribution in [3.8, 4) is 0 Å². The molecule has 0 fully saturated rings. The molecule has 0 spiro atoms. The van der Waals surface area contributed by atoms with Crippen LogP contribution < -0.4 is 0 Å². The van der Waals surface area contributed by atoms with Gasteiger partial charge in [-0.1, -0.05) is 74.5 Å². The molecule has 2 rings (SSSR count). The highest BCUT2D eigenvalue weighted by Crippen LogP contribution is 2.21. The van der Waals surface area contributed by atoms with Crippen LogP contribution in [-0.2, 0) is 27.5 Å². The highest BCUT2D eigenvalue weighted by Gasteiger charge is 2.22. The molecule has 2 N–H and O–H groups in total. The Hall–Kier alpha value is -3.17. The summed E-state index contributed by atoms with van der Waals surface area (Å²) in [7, 11) is 0. The van der Waals surface area contributed by atoms with Crippen molar-refractivity contribution in [2.75, 3.05) is 0 Å². The normalized spacial score (nSPS) is 14.7. The van der Waals surface area contributed by atoms with Gasteiger partial charge in [-0.15, -0.1) is 11.5 Å². The van der Waals surface area contributed by atoms with Gasteiger partial charge in [0.05, 0.1) is 37.4 Å². The third-order valence-corrected chi connectivity index (χ3v) is 6.50. The monoisotopic (exact) mass is 518 g/mol. The standard InChI is InChI=1S/C33H42O5/c1-6-30(34)25(3)18-20-31(37-22-28-13-9-7-10-14-28)26(4)21-24(2)17-19-32(27(5)33(35)36)38-23-29-15-11-8-12-16-29/h7-16,19-20,26-27,30-32,34H,6,21-23H2,1-5H3,(H,35,36). The number of aliphatic hydroxyl groups is 1. The number of hydrogen-bond acceptors (Lipinski definition) is 4. The van der Waals surface area contributed by atoms with E-state index in [4.69, 9.17) is 9.47 Å². The largest absolute Gasteiger partial charge is 0.481 e. The number of ether oxygens (including phenoxy) is 2. The zero-order valence-corrected chi connectivity index (χ0v) is 23.3. The number of hydrogen-bond donors (Lipinski definition) is 2. The Kier molecular flexibility index (Phi) is 13.6. The van der Waals surface area contributed by atoms with Gasteiger partial charge in [0.25, 0.3) is 0 Å². The van der Waals surface area contributed by atoms with Gasteiger partial charge in [0.1, 0.15) is 0 Å². The first-order valence-corrected chi connectivity index (χ1v) is 13.3. The van der Waals surface area contributed by atoms with Gasteiger partial charge in [0.15, 0.2) is 0 Å². The summed E-state index contributed by atoms with van der Waals surface area (Å²) in [6.45, 7) is 10.3. The van der Waals surface area contributed by atoms with Crippen molar-refractivity contribution >= 4 is 5.97 Å². The summed E-state index contributed by atoms with van der Waals surface area (Å²) >= 11 is 0. The van der Waals surface area contributed by atoms with Crippen LogP contribution in [0, 0.1) is 11.8 Å². The van der Waals surface area contributed by atoms with Gasteiger partial charge in [-0.3, -0.25) is 4.79 Å². The van der Waals surface area contributed by atoms with Crippen LogP contribution in [0.3, 0.4) is 0 Å². The third-order valence-electron chi connectivity index (χ3n) is 6.50. The summed E-state index contributed by atoms with van der Waals surface area (Å²) in [4.78, 5) is 11.7. The van der Waals surface area contributed by atoms with E-state index in [-0.39, 0.29) is 12.0 Å². The fourth-order valence-electron chi connectivity index (χ4n) is 3.89. The molecule has 5 nitrogen and oxygen atoms in total. The van der Waals surface area contributed by atoms with Crippen LogP contribution >= 0.6 is 0 Å². The number of carboxylic acids is 1. The van der Waals surface area contributed by atoms with Crippen molar-refractivity contribution in [2.24, 2.45) is 11.8 Å². The van der Waals surface area contributed by atoms with Crippen molar-refractivity contribution in [1.82, 2.24) is 0 Å². The predicted octanol–water partition coefficient (Wildman–Crippen LogP) is 6.88. The summed E-state index contributed by atoms with van der Waals surface area (Å²) in [6.07, 6.45) is 3.59. The van der Waals surface area contributed by atoms with Gasteiger partial charge >= 0.3 is 5.97 Å². The minimum Gasteiger partial charge on any atom is -0.481 e. The van der Waals surface area contributed by atoms with Crippen LogP contribution in [0.5, 0.6) is 0 Å². The fraction of sp³-hybridized carbons (Fsp3) is 0.424. The average Bonchev–Trinajstić information content (AvgIpc) is 2.93. The lowest BCUT2D eigenvalue weighted by atomic mass is 9.95. The topological polar surface area (TPSA) is 76.0 Å². The summed E-state index contributed by atoms with van der Waals surface area (Å²) in [6, 6.07) is 19.7. The first kappa shape index (κ1) is 31.1. The molecule has 5 atom stereocenters. The minimum absolute atomic E-state index is 0.0965. The zero-order valence-electron chi connectivity index (χ0n) is 23.3. The number of aliphatic carboxylic acids is 1. The van der Waals surface area contributed by atoms with Crippen LogP contribution in [-0.4, -0.2) is 34.5 Å². The molecule has 0 heterocycles. The maximum absolute atomic E-state index is 11.7. The Balaban J connectivity index is 2.18. The van der Waals surface area contributed by atoms with Gasteiger partial charge in [-0.05, 0) is 74.0 Å². The van der Waals surface area contributed by atoms with E-state index >= 15 is 0 Å². The van der Waals surface area contributed by atoms with Crippen LogP contribution in [0.25, 0.3) is 0 Å². The Morgan fingerprint density at radius 2 is 1.37 bits per heavy atom. The lowest BCUT2D eigenvalue weighted by Crippen LogP contribution is -2.26. The molecule has 0 saturated carbocycles. The quantitative estimate of drug-likeness (QED) is 0.251. The lowest BCUT2D eigenvalue weighted by Gasteiger charge is -2.21. The van der Waals surface area contributed by atoms with E-state index in [1.165, 1.54) is 0 Å². The second-order valence-corrected chi connectivity index (χ2v) is 9.84. The molecule has 0 aliphatic heterocycles. The number of carbonyl (C=O) groups is 1. The van der Waals surface area contributed by atoms with Crippen molar-refractivity contribution in [3.05, 3.63) is 107 Å². The van der Waals surface area contributed by atoms with Crippen molar-refractivity contribution in [3.63, 3.8) is 0 Å². The van der Waals surface area contributed by atoms with Crippen LogP contribution in [0.2, 0.25) is 0 Å². The van der Waals surface area contributed by atoms with E-state index in [0.717, 1.165) is 22.3 Å². The van der Waals surface area contributed by atoms with E-state index < -0.39 is 24.1 Å². The Bertz CT molecular complexity index is 1110. The molecule has 2 aromatic rings. The number of carboxylic acid groups (broad SMARTS) is 1. The van der Waals surface area contributed by atoms with Crippen molar-refractivity contribution < 1.29 is 24.5 Å². The first-order chi connectivity index (χ1) is 18.2.